The Labute approximate surface area is 148 Å². The van der Waals surface area contributed by atoms with Crippen LogP contribution >= 0.6 is 23.3 Å². The van der Waals surface area contributed by atoms with E-state index in [4.69, 9.17) is 0 Å². The molecule has 3 rings (SSSR count). The van der Waals surface area contributed by atoms with Crippen molar-refractivity contribution in [2.75, 3.05) is 17.1 Å². The highest BCUT2D eigenvalue weighted by molar-refractivity contribution is 7.98. The van der Waals surface area contributed by atoms with Crippen LogP contribution in [0.4, 0.5) is 10.9 Å². The van der Waals surface area contributed by atoms with E-state index in [1.807, 2.05) is 6.26 Å². The summed E-state index contributed by atoms with van der Waals surface area (Å²) in [7, 11) is 1.70. The monoisotopic (exact) mass is 376 g/mol. The third-order valence-corrected chi connectivity index (χ3v) is 4.32. The molecule has 0 atom stereocenters. The Balaban J connectivity index is 1.94. The Bertz CT molecular complexity index is 1110. The van der Waals surface area contributed by atoms with Crippen LogP contribution in [0.25, 0.3) is 0 Å². The van der Waals surface area contributed by atoms with Gasteiger partial charge in [-0.2, -0.15) is 24.7 Å². The fraction of sp³-hybridized carbons (Fsp3) is 0.154. The number of aryl methyl sites for hydroxylation is 1. The molecule has 0 spiro atoms. The lowest BCUT2D eigenvalue weighted by Gasteiger charge is -1.98. The number of hydrogen-bond donors (Lipinski definition) is 2. The van der Waals surface area contributed by atoms with Gasteiger partial charge in [0.05, 0.1) is 6.20 Å². The van der Waals surface area contributed by atoms with Crippen molar-refractivity contribution in [2.45, 2.75) is 5.16 Å². The van der Waals surface area contributed by atoms with E-state index < -0.39 is 10.9 Å². The van der Waals surface area contributed by atoms with Crippen molar-refractivity contribution >= 4 is 34.2 Å². The van der Waals surface area contributed by atoms with Gasteiger partial charge < -0.3 is 0 Å². The maximum Gasteiger partial charge on any atom is 0.237 e. The van der Waals surface area contributed by atoms with E-state index in [1.165, 1.54) is 28.6 Å². The number of rotatable bonds is 5. The number of nitrogens with zero attached hydrogens (tertiary/aromatic N) is 6. The minimum Gasteiger partial charge on any atom is -0.287 e. The van der Waals surface area contributed by atoms with Gasteiger partial charge in [0, 0.05) is 24.6 Å². The Morgan fingerprint density at radius 3 is 2.72 bits per heavy atom. The predicted octanol–water partition coefficient (Wildman–Crippen LogP) is -0.555. The lowest BCUT2D eigenvalue weighted by Crippen LogP contribution is -2.48. The molecule has 0 amide bonds. The SMILES string of the molecule is CSc1nsc(N/N=c2\ccc(=O)/c(=N\Nc3ccnn3C)c2=O)n1. The van der Waals surface area contributed by atoms with Gasteiger partial charge in [-0.1, -0.05) is 11.8 Å². The molecule has 2 heterocycles. The topological polar surface area (TPSA) is 127 Å². The highest BCUT2D eigenvalue weighted by atomic mass is 32.2. The van der Waals surface area contributed by atoms with Crippen LogP contribution in [-0.2, 0) is 7.05 Å². The second kappa shape index (κ2) is 7.36. The van der Waals surface area contributed by atoms with Crippen molar-refractivity contribution < 1.29 is 0 Å². The number of anilines is 2. The van der Waals surface area contributed by atoms with Gasteiger partial charge in [0.1, 0.15) is 11.2 Å². The summed E-state index contributed by atoms with van der Waals surface area (Å²) in [5.74, 6) is 0.540. The summed E-state index contributed by atoms with van der Waals surface area (Å²) in [6.07, 6.45) is 3.42. The fourth-order valence-electron chi connectivity index (χ4n) is 1.78. The Morgan fingerprint density at radius 2 is 2.04 bits per heavy atom. The highest BCUT2D eigenvalue weighted by Gasteiger charge is 2.04. The van der Waals surface area contributed by atoms with E-state index in [-0.39, 0.29) is 10.7 Å². The number of benzene rings is 1. The van der Waals surface area contributed by atoms with E-state index in [0.29, 0.717) is 16.1 Å². The molecule has 2 N–H and O–H groups in total. The van der Waals surface area contributed by atoms with E-state index in [2.05, 4.69) is 35.5 Å². The first-order valence-electron chi connectivity index (χ1n) is 6.88. The standard InChI is InChI=1S/C13H12N8O2S2/c1-21-9(5-6-14-21)17-18-10-8(22)4-3-7(11(10)23)16-19-12-15-13(24-2)20-25-12/h3-6,17H,1-2H3,(H,15,19,20)/b16-7+,18-10+. The van der Waals surface area contributed by atoms with Crippen molar-refractivity contribution in [3.05, 3.63) is 55.6 Å². The van der Waals surface area contributed by atoms with Crippen LogP contribution in [0, 0.1) is 0 Å². The third kappa shape index (κ3) is 3.80. The molecule has 2 aromatic heterocycles. The zero-order valence-electron chi connectivity index (χ0n) is 13.1. The predicted molar refractivity (Wildman–Crippen MR) is 94.6 cm³/mol. The summed E-state index contributed by atoms with van der Waals surface area (Å²) in [5, 5.41) is 12.7. The molecule has 0 unspecified atom stereocenters. The minimum absolute atomic E-state index is 0.0473. The molecule has 12 heteroatoms. The molecule has 0 radical (unpaired) electrons. The largest absolute Gasteiger partial charge is 0.287 e. The number of hydrogen-bond acceptors (Lipinski definition) is 11. The average Bonchev–Trinajstić information content (AvgIpc) is 3.23. The van der Waals surface area contributed by atoms with Gasteiger partial charge in [0.15, 0.2) is 5.36 Å². The van der Waals surface area contributed by atoms with Gasteiger partial charge in [-0.3, -0.25) is 25.1 Å². The smallest absolute Gasteiger partial charge is 0.237 e. The molecule has 0 saturated carbocycles. The van der Waals surface area contributed by atoms with Gasteiger partial charge in [0.2, 0.25) is 21.1 Å². The average molecular weight is 376 g/mol. The van der Waals surface area contributed by atoms with Gasteiger partial charge in [-0.15, -0.1) is 0 Å². The minimum atomic E-state index is -0.593. The van der Waals surface area contributed by atoms with E-state index in [9.17, 15) is 9.59 Å². The summed E-state index contributed by atoms with van der Waals surface area (Å²) in [6.45, 7) is 0. The molecular formula is C13H12N8O2S2. The number of thioether (sulfide) groups is 1. The van der Waals surface area contributed by atoms with Gasteiger partial charge in [-0.05, 0) is 18.4 Å². The first-order valence-corrected chi connectivity index (χ1v) is 8.88. The molecule has 1 aromatic carbocycles. The maximum absolute atomic E-state index is 12.4. The summed E-state index contributed by atoms with van der Waals surface area (Å²) < 4.78 is 5.59. The Kier molecular flexibility index (Phi) is 5.00. The van der Waals surface area contributed by atoms with Crippen molar-refractivity contribution in [1.29, 1.82) is 0 Å². The second-order valence-electron chi connectivity index (χ2n) is 4.63. The van der Waals surface area contributed by atoms with Crippen molar-refractivity contribution in [3.63, 3.8) is 0 Å². The zero-order chi connectivity index (χ0) is 17.8. The van der Waals surface area contributed by atoms with Crippen LogP contribution in [0.1, 0.15) is 0 Å². The molecular weight excluding hydrogens is 364 g/mol. The second-order valence-corrected chi connectivity index (χ2v) is 6.16. The molecule has 0 aliphatic rings. The van der Waals surface area contributed by atoms with E-state index in [1.54, 1.807) is 19.3 Å². The quantitative estimate of drug-likeness (QED) is 0.448. The molecule has 25 heavy (non-hydrogen) atoms. The Morgan fingerprint density at radius 1 is 1.20 bits per heavy atom. The zero-order valence-corrected chi connectivity index (χ0v) is 14.8. The first kappa shape index (κ1) is 17.0. The highest BCUT2D eigenvalue weighted by Crippen LogP contribution is 2.16. The molecule has 3 aromatic rings. The van der Waals surface area contributed by atoms with E-state index >= 15 is 0 Å². The van der Waals surface area contributed by atoms with Crippen molar-refractivity contribution in [3.8, 4) is 0 Å². The third-order valence-electron chi connectivity index (χ3n) is 3.04. The van der Waals surface area contributed by atoms with Crippen LogP contribution < -0.4 is 32.4 Å². The fourth-order valence-corrected chi connectivity index (χ4v) is 2.85. The molecule has 10 nitrogen and oxygen atoms in total. The van der Waals surface area contributed by atoms with Crippen LogP contribution in [0.15, 0.2) is 49.3 Å². The van der Waals surface area contributed by atoms with Crippen molar-refractivity contribution in [2.24, 2.45) is 17.3 Å². The molecule has 0 saturated heterocycles. The van der Waals surface area contributed by atoms with Crippen LogP contribution in [0.3, 0.4) is 0 Å². The van der Waals surface area contributed by atoms with Gasteiger partial charge >= 0.3 is 0 Å². The molecule has 128 valence electrons. The van der Waals surface area contributed by atoms with Gasteiger partial charge in [0.25, 0.3) is 0 Å². The van der Waals surface area contributed by atoms with E-state index in [0.717, 1.165) is 11.5 Å². The number of aromatic nitrogens is 4. The van der Waals surface area contributed by atoms with Crippen molar-refractivity contribution in [1.82, 2.24) is 19.1 Å². The van der Waals surface area contributed by atoms with Crippen LogP contribution in [-0.4, -0.2) is 25.4 Å². The van der Waals surface area contributed by atoms with Crippen LogP contribution in [0.2, 0.25) is 0 Å². The number of nitrogens with one attached hydrogen (secondary N) is 2. The summed E-state index contributed by atoms with van der Waals surface area (Å²) in [4.78, 5) is 28.5. The van der Waals surface area contributed by atoms with Crippen LogP contribution in [0.5, 0.6) is 0 Å². The normalized spacial score (nSPS) is 12.6. The molecule has 0 aliphatic carbocycles. The maximum atomic E-state index is 12.4. The molecule has 0 fully saturated rings. The lowest BCUT2D eigenvalue weighted by molar-refractivity contribution is 0.770. The summed E-state index contributed by atoms with van der Waals surface area (Å²) in [5.41, 5.74) is 4.21. The summed E-state index contributed by atoms with van der Waals surface area (Å²) in [6, 6.07) is 4.23. The molecule has 0 aliphatic heterocycles. The molecule has 0 bridgehead atoms. The summed E-state index contributed by atoms with van der Waals surface area (Å²) >= 11 is 2.52. The lowest BCUT2D eigenvalue weighted by atomic mass is 10.3. The first-order chi connectivity index (χ1) is 12.1. The van der Waals surface area contributed by atoms with Gasteiger partial charge in [-0.25, -0.2) is 0 Å². The Hall–Kier alpha value is -2.86.